The van der Waals surface area contributed by atoms with E-state index in [1.807, 2.05) is 42.5 Å². The van der Waals surface area contributed by atoms with Gasteiger partial charge in [-0.3, -0.25) is 0 Å². The number of fused-ring (bicyclic) bond motifs is 1. The van der Waals surface area contributed by atoms with Gasteiger partial charge in [0.2, 0.25) is 0 Å². The summed E-state index contributed by atoms with van der Waals surface area (Å²) in [5, 5.41) is 8.85. The number of benzene rings is 2. The van der Waals surface area contributed by atoms with Crippen molar-refractivity contribution in [3.05, 3.63) is 63.9 Å². The topological polar surface area (TPSA) is 41.6 Å². The van der Waals surface area contributed by atoms with Crippen LogP contribution in [0.3, 0.4) is 0 Å². The van der Waals surface area contributed by atoms with Crippen LogP contribution in [0.25, 0.3) is 11.0 Å². The zero-order chi connectivity index (χ0) is 14.8. The van der Waals surface area contributed by atoms with Crippen LogP contribution in [0.2, 0.25) is 0 Å². The van der Waals surface area contributed by atoms with Crippen LogP contribution in [0.15, 0.2) is 46.9 Å². The molecule has 0 saturated heterocycles. The fraction of sp³-hybridized carbons (Fsp3) is 0.125. The quantitative estimate of drug-likeness (QED) is 0.647. The van der Waals surface area contributed by atoms with E-state index < -0.39 is 0 Å². The highest BCUT2D eigenvalue weighted by Crippen LogP contribution is 2.23. The largest absolute Gasteiger partial charge is 0.322 e. The number of nitriles is 1. The van der Waals surface area contributed by atoms with Crippen molar-refractivity contribution in [2.45, 2.75) is 12.4 Å². The number of hydrogen-bond acceptors (Lipinski definition) is 2. The van der Waals surface area contributed by atoms with Crippen LogP contribution in [-0.2, 0) is 12.4 Å². The maximum Gasteiger partial charge on any atom is 0.125 e. The van der Waals surface area contributed by atoms with Gasteiger partial charge in [0.15, 0.2) is 0 Å². The normalized spacial score (nSPS) is 10.7. The van der Waals surface area contributed by atoms with Crippen LogP contribution < -0.4 is 0 Å². The number of alkyl halides is 1. The van der Waals surface area contributed by atoms with Crippen molar-refractivity contribution in [1.82, 2.24) is 9.55 Å². The summed E-state index contributed by atoms with van der Waals surface area (Å²) in [6.45, 7) is 0.686. The molecule has 2 aromatic carbocycles. The summed E-state index contributed by atoms with van der Waals surface area (Å²) < 4.78 is 3.11. The highest BCUT2D eigenvalue weighted by atomic mass is 79.9. The molecule has 0 unspecified atom stereocenters. The predicted molar refractivity (Wildman–Crippen MR) is 87.2 cm³/mol. The Balaban J connectivity index is 2.04. The highest BCUT2D eigenvalue weighted by Gasteiger charge is 2.10. The third-order valence-corrected chi connectivity index (χ3v) is 4.06. The summed E-state index contributed by atoms with van der Waals surface area (Å²) in [5.41, 5.74) is 3.75. The lowest BCUT2D eigenvalue weighted by Crippen LogP contribution is -2.03. The van der Waals surface area contributed by atoms with E-state index in [-0.39, 0.29) is 0 Å². The number of halogens is 2. The minimum atomic E-state index is 0.364. The number of rotatable bonds is 3. The SMILES string of the molecule is N#Cc1ccc(Cn2c(CCl)nc3cc(Br)ccc32)cc1. The lowest BCUT2D eigenvalue weighted by Gasteiger charge is -2.08. The van der Waals surface area contributed by atoms with Crippen molar-refractivity contribution in [2.24, 2.45) is 0 Å². The van der Waals surface area contributed by atoms with Gasteiger partial charge in [0.1, 0.15) is 5.82 Å². The molecule has 0 spiro atoms. The number of hydrogen-bond donors (Lipinski definition) is 0. The number of nitrogens with zero attached hydrogens (tertiary/aromatic N) is 3. The minimum Gasteiger partial charge on any atom is -0.322 e. The molecule has 3 rings (SSSR count). The van der Waals surface area contributed by atoms with Crippen molar-refractivity contribution in [2.75, 3.05) is 0 Å². The Kier molecular flexibility index (Phi) is 3.96. The summed E-state index contributed by atoms with van der Waals surface area (Å²) in [6.07, 6.45) is 0. The molecular weight excluding hydrogens is 350 g/mol. The molecular formula is C16H11BrClN3. The zero-order valence-corrected chi connectivity index (χ0v) is 13.4. The Morgan fingerprint density at radius 2 is 1.95 bits per heavy atom. The molecule has 0 radical (unpaired) electrons. The monoisotopic (exact) mass is 359 g/mol. The maximum atomic E-state index is 8.85. The summed E-state index contributed by atoms with van der Waals surface area (Å²) >= 11 is 9.48. The summed E-state index contributed by atoms with van der Waals surface area (Å²) in [4.78, 5) is 4.57. The predicted octanol–water partition coefficient (Wildman–Crippen LogP) is 4.46. The van der Waals surface area contributed by atoms with Crippen molar-refractivity contribution in [1.29, 1.82) is 5.26 Å². The first kappa shape index (κ1) is 14.1. The van der Waals surface area contributed by atoms with Crippen molar-refractivity contribution in [3.8, 4) is 6.07 Å². The molecule has 0 saturated carbocycles. The Morgan fingerprint density at radius 1 is 1.19 bits per heavy atom. The van der Waals surface area contributed by atoms with E-state index in [4.69, 9.17) is 16.9 Å². The fourth-order valence-corrected chi connectivity index (χ4v) is 2.85. The Morgan fingerprint density at radius 3 is 2.62 bits per heavy atom. The van der Waals surface area contributed by atoms with E-state index in [9.17, 15) is 0 Å². The molecule has 0 amide bonds. The minimum absolute atomic E-state index is 0.364. The van der Waals surface area contributed by atoms with Crippen LogP contribution in [-0.4, -0.2) is 9.55 Å². The molecule has 1 aromatic heterocycles. The van der Waals surface area contributed by atoms with Crippen LogP contribution >= 0.6 is 27.5 Å². The molecule has 0 aliphatic heterocycles. The van der Waals surface area contributed by atoms with Crippen LogP contribution in [0.4, 0.5) is 0 Å². The van der Waals surface area contributed by atoms with Crippen LogP contribution in [0.5, 0.6) is 0 Å². The zero-order valence-electron chi connectivity index (χ0n) is 11.1. The molecule has 0 fully saturated rings. The lowest BCUT2D eigenvalue weighted by molar-refractivity contribution is 0.778. The molecule has 21 heavy (non-hydrogen) atoms. The summed E-state index contributed by atoms with van der Waals surface area (Å²) in [6, 6.07) is 15.7. The third-order valence-electron chi connectivity index (χ3n) is 3.33. The van der Waals surface area contributed by atoms with Gasteiger partial charge in [-0.2, -0.15) is 5.26 Å². The van der Waals surface area contributed by atoms with Gasteiger partial charge in [0, 0.05) is 11.0 Å². The lowest BCUT2D eigenvalue weighted by atomic mass is 10.1. The molecule has 1 heterocycles. The Labute approximate surface area is 135 Å². The fourth-order valence-electron chi connectivity index (χ4n) is 2.30. The van der Waals surface area contributed by atoms with Gasteiger partial charge in [-0.25, -0.2) is 4.98 Å². The first-order chi connectivity index (χ1) is 10.2. The van der Waals surface area contributed by atoms with E-state index in [2.05, 4.69) is 31.6 Å². The van der Waals surface area contributed by atoms with Gasteiger partial charge in [0.25, 0.3) is 0 Å². The number of imidazole rings is 1. The van der Waals surface area contributed by atoms with Gasteiger partial charge >= 0.3 is 0 Å². The van der Waals surface area contributed by atoms with Crippen LogP contribution in [0, 0.1) is 11.3 Å². The molecule has 5 heteroatoms. The van der Waals surface area contributed by atoms with E-state index >= 15 is 0 Å². The van der Waals surface area contributed by atoms with Gasteiger partial charge in [0.05, 0.1) is 28.5 Å². The first-order valence-electron chi connectivity index (χ1n) is 6.41. The highest BCUT2D eigenvalue weighted by molar-refractivity contribution is 9.10. The molecule has 0 aliphatic rings. The molecule has 104 valence electrons. The molecule has 3 nitrogen and oxygen atoms in total. The van der Waals surface area contributed by atoms with Gasteiger partial charge in [-0.15, -0.1) is 11.6 Å². The van der Waals surface area contributed by atoms with E-state index in [0.29, 0.717) is 18.0 Å². The maximum absolute atomic E-state index is 8.85. The van der Waals surface area contributed by atoms with E-state index in [0.717, 1.165) is 26.9 Å². The smallest absolute Gasteiger partial charge is 0.125 e. The standard InChI is InChI=1S/C16H11BrClN3/c17-13-5-6-15-14(7-13)20-16(8-18)21(15)10-12-3-1-11(9-19)2-4-12/h1-7H,8,10H2. The first-order valence-corrected chi connectivity index (χ1v) is 7.73. The summed E-state index contributed by atoms with van der Waals surface area (Å²) in [7, 11) is 0. The number of aromatic nitrogens is 2. The van der Waals surface area contributed by atoms with E-state index in [1.54, 1.807) is 0 Å². The van der Waals surface area contributed by atoms with E-state index in [1.165, 1.54) is 0 Å². The molecule has 3 aromatic rings. The molecule has 0 bridgehead atoms. The van der Waals surface area contributed by atoms with Gasteiger partial charge in [-0.1, -0.05) is 28.1 Å². The molecule has 0 aliphatic carbocycles. The van der Waals surface area contributed by atoms with Crippen molar-refractivity contribution >= 4 is 38.6 Å². The summed E-state index contributed by atoms with van der Waals surface area (Å²) in [5.74, 6) is 1.21. The Bertz CT molecular complexity index is 831. The molecule has 0 atom stereocenters. The molecule has 0 N–H and O–H groups in total. The second-order valence-electron chi connectivity index (χ2n) is 4.69. The van der Waals surface area contributed by atoms with Crippen molar-refractivity contribution in [3.63, 3.8) is 0 Å². The average Bonchev–Trinajstić information content (AvgIpc) is 2.85. The van der Waals surface area contributed by atoms with Crippen LogP contribution in [0.1, 0.15) is 17.0 Å². The average molecular weight is 361 g/mol. The second-order valence-corrected chi connectivity index (χ2v) is 5.87. The van der Waals surface area contributed by atoms with Gasteiger partial charge in [-0.05, 0) is 35.9 Å². The van der Waals surface area contributed by atoms with Crippen molar-refractivity contribution < 1.29 is 0 Å². The second kappa shape index (κ2) is 5.88. The Hall–Kier alpha value is -1.83. The third kappa shape index (κ3) is 2.80. The van der Waals surface area contributed by atoms with Gasteiger partial charge < -0.3 is 4.57 Å².